The summed E-state index contributed by atoms with van der Waals surface area (Å²) in [6.07, 6.45) is 4.72. The molecule has 0 unspecified atom stereocenters. The standard InChI is InChI=1S/C17H23FN5O2.Li/c1-17(2,3)25-16(24)20-8-4-5-14(19)12-6-7-15(21-9-12)23-11-13(18)10-22-23;/h6-7,9-11,14,19H,4-5,8H2,1-3H3,(H,20,24);/q-1;+1/t14-;/m0./s1. The first-order valence-electron chi connectivity index (χ1n) is 8.09. The van der Waals surface area contributed by atoms with Crippen LogP contribution in [0.25, 0.3) is 11.6 Å². The van der Waals surface area contributed by atoms with E-state index in [1.165, 1.54) is 10.9 Å². The normalized spacial score (nSPS) is 12.2. The van der Waals surface area contributed by atoms with E-state index in [1.807, 2.05) is 0 Å². The Hall–Kier alpha value is -1.88. The predicted molar refractivity (Wildman–Crippen MR) is 91.9 cm³/mol. The maximum atomic E-state index is 13.0. The van der Waals surface area contributed by atoms with Gasteiger partial charge in [-0.15, -0.1) is 6.04 Å². The fourth-order valence-corrected chi connectivity index (χ4v) is 2.14. The molecule has 0 spiro atoms. The van der Waals surface area contributed by atoms with Crippen molar-refractivity contribution in [3.8, 4) is 5.82 Å². The van der Waals surface area contributed by atoms with Gasteiger partial charge in [0.15, 0.2) is 11.6 Å². The van der Waals surface area contributed by atoms with Gasteiger partial charge in [0, 0.05) is 12.7 Å². The first-order chi connectivity index (χ1) is 11.7. The van der Waals surface area contributed by atoms with Crippen LogP contribution in [0.1, 0.15) is 45.2 Å². The molecule has 1 atom stereocenters. The zero-order chi connectivity index (χ0) is 18.4. The smallest absolute Gasteiger partial charge is 0.671 e. The van der Waals surface area contributed by atoms with Crippen LogP contribution in [0, 0.1) is 5.82 Å². The number of ether oxygens (including phenoxy) is 1. The van der Waals surface area contributed by atoms with E-state index in [9.17, 15) is 9.18 Å². The molecule has 2 rings (SSSR count). The molecular weight excluding hydrogens is 332 g/mol. The summed E-state index contributed by atoms with van der Waals surface area (Å²) in [7, 11) is 0. The summed E-state index contributed by atoms with van der Waals surface area (Å²) in [5.41, 5.74) is 8.39. The minimum Gasteiger partial charge on any atom is -0.671 e. The predicted octanol–water partition coefficient (Wildman–Crippen LogP) is 0.809. The summed E-state index contributed by atoms with van der Waals surface area (Å²) in [5.74, 6) is 0.0631. The van der Waals surface area contributed by atoms with Gasteiger partial charge >= 0.3 is 25.0 Å². The Bertz CT molecular complexity index is 700. The number of nitrogens with zero attached hydrogens (tertiary/aromatic N) is 3. The maximum absolute atomic E-state index is 13.0. The van der Waals surface area contributed by atoms with E-state index in [-0.39, 0.29) is 18.9 Å². The van der Waals surface area contributed by atoms with Gasteiger partial charge in [-0.05, 0) is 38.8 Å². The van der Waals surface area contributed by atoms with E-state index in [0.29, 0.717) is 25.2 Å². The first kappa shape index (κ1) is 22.2. The van der Waals surface area contributed by atoms with Crippen molar-refractivity contribution in [2.24, 2.45) is 0 Å². The Balaban J connectivity index is 0.00000338. The molecule has 2 heterocycles. The average molecular weight is 355 g/mol. The molecule has 0 radical (unpaired) electrons. The number of hydrogen-bond donors (Lipinski definition) is 1. The van der Waals surface area contributed by atoms with Crippen molar-refractivity contribution in [2.45, 2.75) is 45.3 Å². The molecule has 0 aromatic carbocycles. The number of carbonyl (C=O) groups excluding carboxylic acids is 1. The number of nitrogens with one attached hydrogen (secondary N) is 2. The van der Waals surface area contributed by atoms with Gasteiger partial charge in [-0.3, -0.25) is 0 Å². The topological polar surface area (TPSA) is 92.8 Å². The second-order valence-electron chi connectivity index (χ2n) is 6.68. The number of carbonyl (C=O) groups is 1. The Kier molecular flexibility index (Phi) is 8.28. The largest absolute Gasteiger partial charge is 1.00 e. The van der Waals surface area contributed by atoms with Gasteiger partial charge in [-0.1, -0.05) is 12.5 Å². The van der Waals surface area contributed by atoms with Crippen LogP contribution in [0.3, 0.4) is 0 Å². The Morgan fingerprint density at radius 1 is 1.38 bits per heavy atom. The van der Waals surface area contributed by atoms with Crippen molar-refractivity contribution in [3.05, 3.63) is 47.8 Å². The van der Waals surface area contributed by atoms with Crippen LogP contribution in [-0.4, -0.2) is 33.0 Å². The monoisotopic (exact) mass is 355 g/mol. The molecule has 26 heavy (non-hydrogen) atoms. The molecule has 0 aliphatic heterocycles. The van der Waals surface area contributed by atoms with Crippen LogP contribution in [0.4, 0.5) is 9.18 Å². The summed E-state index contributed by atoms with van der Waals surface area (Å²) < 4.78 is 19.4. The molecule has 2 aromatic rings. The van der Waals surface area contributed by atoms with Gasteiger partial charge in [0.2, 0.25) is 0 Å². The van der Waals surface area contributed by atoms with Gasteiger partial charge in [-0.2, -0.15) is 5.10 Å². The van der Waals surface area contributed by atoms with Crippen molar-refractivity contribution in [2.75, 3.05) is 6.54 Å². The quantitative estimate of drug-likeness (QED) is 0.613. The van der Waals surface area contributed by atoms with Crippen LogP contribution in [0.2, 0.25) is 0 Å². The summed E-state index contributed by atoms with van der Waals surface area (Å²) in [4.78, 5) is 15.7. The molecule has 2 N–H and O–H groups in total. The Morgan fingerprint density at radius 3 is 2.65 bits per heavy atom. The molecular formula is C17H23FLiN5O2. The van der Waals surface area contributed by atoms with Gasteiger partial charge in [0.05, 0.1) is 12.4 Å². The van der Waals surface area contributed by atoms with Crippen LogP contribution in [0.5, 0.6) is 0 Å². The van der Waals surface area contributed by atoms with E-state index >= 15 is 0 Å². The SMILES string of the molecule is CC(C)(C)OC(=O)NCCC[C@H]([NH-])c1ccc(-n2cc(F)cn2)nc1.[Li+]. The van der Waals surface area contributed by atoms with E-state index in [4.69, 9.17) is 10.5 Å². The summed E-state index contributed by atoms with van der Waals surface area (Å²) >= 11 is 0. The zero-order valence-corrected chi connectivity index (χ0v) is 15.6. The molecule has 7 nitrogen and oxygen atoms in total. The molecule has 0 aliphatic carbocycles. The van der Waals surface area contributed by atoms with Crippen LogP contribution in [0.15, 0.2) is 30.7 Å². The Morgan fingerprint density at radius 2 is 2.12 bits per heavy atom. The summed E-state index contributed by atoms with van der Waals surface area (Å²) in [6, 6.07) is 3.03. The number of hydrogen-bond acceptors (Lipinski definition) is 4. The average Bonchev–Trinajstić information content (AvgIpc) is 2.96. The molecule has 136 valence electrons. The second kappa shape index (κ2) is 9.72. The third-order valence-corrected chi connectivity index (χ3v) is 3.30. The van der Waals surface area contributed by atoms with Crippen molar-refractivity contribution < 1.29 is 32.8 Å². The first-order valence-corrected chi connectivity index (χ1v) is 8.09. The molecule has 0 saturated heterocycles. The Labute approximate surface area is 164 Å². The fourth-order valence-electron chi connectivity index (χ4n) is 2.14. The molecule has 0 aliphatic rings. The van der Waals surface area contributed by atoms with Crippen molar-refractivity contribution >= 4 is 6.09 Å². The van der Waals surface area contributed by atoms with Gasteiger partial charge in [0.25, 0.3) is 0 Å². The van der Waals surface area contributed by atoms with Crippen molar-refractivity contribution in [1.82, 2.24) is 20.1 Å². The zero-order valence-electron chi connectivity index (χ0n) is 15.6. The minimum atomic E-state index is -0.521. The molecule has 0 saturated carbocycles. The number of pyridine rings is 1. The van der Waals surface area contributed by atoms with E-state index in [1.54, 1.807) is 39.1 Å². The number of halogens is 1. The molecule has 0 fully saturated rings. The third kappa shape index (κ3) is 7.16. The molecule has 9 heteroatoms. The fraction of sp³-hybridized carbons (Fsp3) is 0.471. The maximum Gasteiger partial charge on any atom is 1.00 e. The number of aromatic nitrogens is 3. The number of rotatable bonds is 6. The van der Waals surface area contributed by atoms with E-state index in [0.717, 1.165) is 11.8 Å². The van der Waals surface area contributed by atoms with Gasteiger partial charge in [-0.25, -0.2) is 18.9 Å². The van der Waals surface area contributed by atoms with Crippen molar-refractivity contribution in [3.63, 3.8) is 0 Å². The molecule has 0 bridgehead atoms. The minimum absolute atomic E-state index is 0. The van der Waals surface area contributed by atoms with Crippen LogP contribution >= 0.6 is 0 Å². The number of amides is 1. The second-order valence-corrected chi connectivity index (χ2v) is 6.68. The summed E-state index contributed by atoms with van der Waals surface area (Å²) in [5, 5.41) is 6.51. The van der Waals surface area contributed by atoms with E-state index < -0.39 is 23.6 Å². The number of alkyl carbamates (subject to hydrolysis) is 1. The van der Waals surface area contributed by atoms with Gasteiger partial charge < -0.3 is 15.8 Å². The van der Waals surface area contributed by atoms with Gasteiger partial charge in [0.1, 0.15) is 5.60 Å². The van der Waals surface area contributed by atoms with Crippen LogP contribution in [-0.2, 0) is 4.74 Å². The summed E-state index contributed by atoms with van der Waals surface area (Å²) in [6.45, 7) is 5.87. The molecule has 1 amide bonds. The molecule has 2 aromatic heterocycles. The van der Waals surface area contributed by atoms with Crippen molar-refractivity contribution in [1.29, 1.82) is 0 Å². The third-order valence-electron chi connectivity index (χ3n) is 3.30. The van der Waals surface area contributed by atoms with Crippen LogP contribution < -0.4 is 24.2 Å². The van der Waals surface area contributed by atoms with E-state index in [2.05, 4.69) is 15.4 Å².